The number of likely N-dealkylation sites (tertiary alicyclic amines) is 1. The van der Waals surface area contributed by atoms with Crippen molar-refractivity contribution < 1.29 is 23.5 Å². The molecule has 2 fully saturated rings. The second kappa shape index (κ2) is 8.42. The Balaban J connectivity index is 1.49. The van der Waals surface area contributed by atoms with Gasteiger partial charge in [0.15, 0.2) is 0 Å². The third-order valence-corrected chi connectivity index (χ3v) is 5.95. The molecule has 32 heavy (non-hydrogen) atoms. The number of hydrogen-bond acceptors (Lipinski definition) is 6. The molecule has 2 aromatic heterocycles. The third kappa shape index (κ3) is 4.40. The van der Waals surface area contributed by atoms with Gasteiger partial charge in [-0.15, -0.1) is 0 Å². The number of carbonyl (C=O) groups is 3. The molecule has 3 N–H and O–H groups in total. The molecule has 0 radical (unpaired) electrons. The predicted octanol–water partition coefficient (Wildman–Crippen LogP) is 2.12. The molecule has 2 aliphatic rings. The van der Waals surface area contributed by atoms with Crippen molar-refractivity contribution in [2.45, 2.75) is 39.2 Å². The number of amides is 4. The summed E-state index contributed by atoms with van der Waals surface area (Å²) in [5.41, 5.74) is 6.22. The number of carbonyl (C=O) groups excluding carboxylic acids is 3. The maximum Gasteiger partial charge on any atom is 0.321 e. The number of furan rings is 1. The first-order valence-corrected chi connectivity index (χ1v) is 10.8. The predicted molar refractivity (Wildman–Crippen MR) is 117 cm³/mol. The Labute approximate surface area is 186 Å². The number of aromatic nitrogens is 1. The van der Waals surface area contributed by atoms with Crippen molar-refractivity contribution in [1.82, 2.24) is 14.8 Å². The van der Waals surface area contributed by atoms with Crippen LogP contribution in [0, 0.1) is 12.8 Å². The van der Waals surface area contributed by atoms with Crippen molar-refractivity contribution in [3.63, 3.8) is 0 Å². The lowest BCUT2D eigenvalue weighted by molar-refractivity contribution is -0.151. The number of urea groups is 1. The van der Waals surface area contributed by atoms with E-state index in [4.69, 9.17) is 14.9 Å². The molecule has 0 spiro atoms. The van der Waals surface area contributed by atoms with Gasteiger partial charge in [0.2, 0.25) is 17.4 Å². The van der Waals surface area contributed by atoms with Crippen LogP contribution in [0.5, 0.6) is 0 Å². The molecule has 0 saturated carbocycles. The summed E-state index contributed by atoms with van der Waals surface area (Å²) in [6.45, 7) is 8.15. The van der Waals surface area contributed by atoms with E-state index < -0.39 is 11.9 Å². The minimum absolute atomic E-state index is 0.0464. The zero-order valence-corrected chi connectivity index (χ0v) is 18.6. The van der Waals surface area contributed by atoms with E-state index in [1.54, 1.807) is 24.0 Å². The lowest BCUT2D eigenvalue weighted by Gasteiger charge is -2.41. The Bertz CT molecular complexity index is 1060. The summed E-state index contributed by atoms with van der Waals surface area (Å²) < 4.78 is 11.2. The summed E-state index contributed by atoms with van der Waals surface area (Å²) >= 11 is 0. The first kappa shape index (κ1) is 22.1. The van der Waals surface area contributed by atoms with Gasteiger partial charge in [-0.2, -0.15) is 0 Å². The number of nitrogens with two attached hydrogens (primary N) is 1. The normalized spacial score (nSPS) is 20.9. The molecular weight excluding hydrogens is 414 g/mol. The molecule has 0 bridgehead atoms. The highest BCUT2D eigenvalue weighted by Crippen LogP contribution is 2.31. The van der Waals surface area contributed by atoms with E-state index in [0.29, 0.717) is 50.3 Å². The highest BCUT2D eigenvalue weighted by Gasteiger charge is 2.36. The molecule has 0 unspecified atom stereocenters. The van der Waals surface area contributed by atoms with Crippen molar-refractivity contribution in [1.29, 1.82) is 0 Å². The molecule has 10 heteroatoms. The molecule has 0 aromatic carbocycles. The SMILES string of the molecule is Cc1ccc2c(NC(=O)N3CCC[C@@H](C(=O)N4CCOC(C)(C)C4)C3)c(C(N)=O)oc2n1. The van der Waals surface area contributed by atoms with Crippen LogP contribution in [0.4, 0.5) is 10.5 Å². The van der Waals surface area contributed by atoms with E-state index in [0.717, 1.165) is 6.42 Å². The quantitative estimate of drug-likeness (QED) is 0.747. The number of ether oxygens (including phenoxy) is 1. The van der Waals surface area contributed by atoms with E-state index in [2.05, 4.69) is 10.3 Å². The number of rotatable bonds is 3. The van der Waals surface area contributed by atoms with Crippen molar-refractivity contribution in [2.75, 3.05) is 38.1 Å². The molecule has 4 amide bonds. The van der Waals surface area contributed by atoms with Crippen molar-refractivity contribution in [2.24, 2.45) is 11.7 Å². The largest absolute Gasteiger partial charge is 0.430 e. The molecule has 10 nitrogen and oxygen atoms in total. The fraction of sp³-hybridized carbons (Fsp3) is 0.545. The molecule has 4 rings (SSSR count). The standard InChI is InChI=1S/C22H29N5O5/c1-13-6-7-15-16(17(18(23)28)32-19(15)24-13)25-21(30)26-8-4-5-14(11-26)20(29)27-9-10-31-22(2,3)12-27/h6-7,14H,4-5,8-12H2,1-3H3,(H2,23,28)(H,25,30)/t14-/m1/s1. The van der Waals surface area contributed by atoms with E-state index in [-0.39, 0.29) is 34.6 Å². The smallest absolute Gasteiger partial charge is 0.321 e. The van der Waals surface area contributed by atoms with Gasteiger partial charge < -0.3 is 30.0 Å². The number of fused-ring (bicyclic) bond motifs is 1. The van der Waals surface area contributed by atoms with Gasteiger partial charge in [0.1, 0.15) is 5.69 Å². The molecule has 4 heterocycles. The van der Waals surface area contributed by atoms with Crippen LogP contribution in [-0.2, 0) is 9.53 Å². The van der Waals surface area contributed by atoms with Crippen LogP contribution < -0.4 is 11.1 Å². The van der Waals surface area contributed by atoms with Crippen LogP contribution in [0.1, 0.15) is 42.9 Å². The van der Waals surface area contributed by atoms with Gasteiger partial charge in [-0.3, -0.25) is 9.59 Å². The number of aryl methyl sites for hydroxylation is 1. The summed E-state index contributed by atoms with van der Waals surface area (Å²) in [5, 5.41) is 3.26. The monoisotopic (exact) mass is 443 g/mol. The number of nitrogens with zero attached hydrogens (tertiary/aromatic N) is 3. The highest BCUT2D eigenvalue weighted by atomic mass is 16.5. The Hall–Kier alpha value is -3.14. The van der Waals surface area contributed by atoms with Gasteiger partial charge in [-0.05, 0) is 45.7 Å². The van der Waals surface area contributed by atoms with Crippen molar-refractivity contribution in [3.8, 4) is 0 Å². The molecule has 2 saturated heterocycles. The van der Waals surface area contributed by atoms with Gasteiger partial charge in [0.25, 0.3) is 5.91 Å². The first-order chi connectivity index (χ1) is 15.1. The van der Waals surface area contributed by atoms with Crippen LogP contribution in [0.15, 0.2) is 16.5 Å². The van der Waals surface area contributed by atoms with E-state index in [1.165, 1.54) is 0 Å². The molecule has 2 aromatic rings. The van der Waals surface area contributed by atoms with Crippen LogP contribution >= 0.6 is 0 Å². The average molecular weight is 444 g/mol. The van der Waals surface area contributed by atoms with E-state index in [1.807, 2.05) is 18.7 Å². The maximum atomic E-state index is 13.1. The summed E-state index contributed by atoms with van der Waals surface area (Å²) in [5.74, 6) is -1.17. The molecule has 0 aliphatic carbocycles. The Morgan fingerprint density at radius 1 is 1.22 bits per heavy atom. The molecule has 1 atom stereocenters. The van der Waals surface area contributed by atoms with Crippen molar-refractivity contribution >= 4 is 34.6 Å². The summed E-state index contributed by atoms with van der Waals surface area (Å²) in [6, 6.07) is 3.08. The first-order valence-electron chi connectivity index (χ1n) is 10.8. The summed E-state index contributed by atoms with van der Waals surface area (Å²) in [4.78, 5) is 45.7. The van der Waals surface area contributed by atoms with Crippen LogP contribution in [0.3, 0.4) is 0 Å². The minimum Gasteiger partial charge on any atom is -0.430 e. The lowest BCUT2D eigenvalue weighted by Crippen LogP contribution is -2.54. The number of piperidine rings is 1. The zero-order valence-electron chi connectivity index (χ0n) is 18.6. The maximum absolute atomic E-state index is 13.1. The van der Waals surface area contributed by atoms with Gasteiger partial charge in [-0.1, -0.05) is 0 Å². The Kier molecular flexibility index (Phi) is 5.81. The summed E-state index contributed by atoms with van der Waals surface area (Å²) in [6.07, 6.45) is 1.44. The van der Waals surface area contributed by atoms with E-state index >= 15 is 0 Å². The number of morpholine rings is 1. The fourth-order valence-electron chi connectivity index (χ4n) is 4.38. The lowest BCUT2D eigenvalue weighted by atomic mass is 9.95. The van der Waals surface area contributed by atoms with Gasteiger partial charge in [0.05, 0.1) is 23.5 Å². The number of primary amides is 1. The van der Waals surface area contributed by atoms with Crippen LogP contribution in [0.25, 0.3) is 11.1 Å². The highest BCUT2D eigenvalue weighted by molar-refractivity contribution is 6.09. The van der Waals surface area contributed by atoms with Gasteiger partial charge in [0, 0.05) is 31.9 Å². The number of anilines is 1. The Morgan fingerprint density at radius 3 is 2.72 bits per heavy atom. The molecule has 2 aliphatic heterocycles. The number of hydrogen-bond donors (Lipinski definition) is 2. The van der Waals surface area contributed by atoms with E-state index in [9.17, 15) is 14.4 Å². The van der Waals surface area contributed by atoms with Crippen LogP contribution in [-0.4, -0.2) is 71.0 Å². The topological polar surface area (TPSA) is 131 Å². The fourth-order valence-corrected chi connectivity index (χ4v) is 4.38. The van der Waals surface area contributed by atoms with Gasteiger partial charge >= 0.3 is 6.03 Å². The molecular formula is C22H29N5O5. The number of pyridine rings is 1. The second-order valence-electron chi connectivity index (χ2n) is 9.06. The third-order valence-electron chi connectivity index (χ3n) is 5.95. The molecule has 172 valence electrons. The Morgan fingerprint density at radius 2 is 2.00 bits per heavy atom. The van der Waals surface area contributed by atoms with Gasteiger partial charge in [-0.25, -0.2) is 9.78 Å². The second-order valence-corrected chi connectivity index (χ2v) is 9.06. The number of nitrogens with one attached hydrogen (secondary N) is 1. The van der Waals surface area contributed by atoms with Crippen LogP contribution in [0.2, 0.25) is 0 Å². The summed E-state index contributed by atoms with van der Waals surface area (Å²) in [7, 11) is 0. The zero-order chi connectivity index (χ0) is 23.0. The average Bonchev–Trinajstić information content (AvgIpc) is 3.10. The minimum atomic E-state index is -0.794. The van der Waals surface area contributed by atoms with Crippen molar-refractivity contribution in [3.05, 3.63) is 23.6 Å².